The Bertz CT molecular complexity index is 158. The highest BCUT2D eigenvalue weighted by atomic mass is 35.5. The van der Waals surface area contributed by atoms with Gasteiger partial charge in [-0.15, -0.1) is 0 Å². The second kappa shape index (κ2) is 1.92. The monoisotopic (exact) mass is 184 g/mol. The zero-order valence-corrected chi connectivity index (χ0v) is 6.99. The maximum atomic E-state index is 10.5. The van der Waals surface area contributed by atoms with Gasteiger partial charge in [0.15, 0.2) is 0 Å². The molecule has 1 fully saturated rings. The number of halogens is 2. The van der Waals surface area contributed by atoms with Gasteiger partial charge in [0.1, 0.15) is 0 Å². The molecule has 0 N–H and O–H groups in total. The summed E-state index contributed by atoms with van der Waals surface area (Å²) in [4.78, 5) is 10.5. The third kappa shape index (κ3) is 1.04. The average molecular weight is 185 g/mol. The van der Waals surface area contributed by atoms with Crippen LogP contribution in [0.2, 0.25) is 0 Å². The van der Waals surface area contributed by atoms with E-state index in [1.807, 2.05) is 0 Å². The van der Waals surface area contributed by atoms with Crippen LogP contribution >= 0.6 is 23.2 Å². The summed E-state index contributed by atoms with van der Waals surface area (Å²) in [5, 5.41) is -2.54. The van der Waals surface area contributed by atoms with Crippen molar-refractivity contribution in [3.05, 3.63) is 0 Å². The van der Waals surface area contributed by atoms with Gasteiger partial charge in [-0.2, -0.15) is 0 Å². The van der Waals surface area contributed by atoms with Crippen molar-refractivity contribution in [3.63, 3.8) is 0 Å². The number of carbonyl (C=O) groups is 1. The molecule has 0 aromatic heterocycles. The van der Waals surface area contributed by atoms with E-state index in [4.69, 9.17) is 23.2 Å². The molecule has 0 saturated carbocycles. The third-order valence-electron chi connectivity index (χ3n) is 1.35. The van der Waals surface area contributed by atoms with E-state index in [0.29, 0.717) is 0 Å². The van der Waals surface area contributed by atoms with E-state index in [2.05, 4.69) is 9.47 Å². The highest BCUT2D eigenvalue weighted by Gasteiger charge is 2.55. The summed E-state index contributed by atoms with van der Waals surface area (Å²) in [6.45, 7) is 2.93. The first-order chi connectivity index (χ1) is 4.35. The number of rotatable bonds is 0. The van der Waals surface area contributed by atoms with Crippen LogP contribution in [0.1, 0.15) is 13.8 Å². The Kier molecular flexibility index (Phi) is 1.53. The highest BCUT2D eigenvalue weighted by molar-refractivity contribution is 6.34. The van der Waals surface area contributed by atoms with Crippen molar-refractivity contribution in [3.8, 4) is 0 Å². The summed E-state index contributed by atoms with van der Waals surface area (Å²) < 4.78 is 9.07. The molecule has 0 aliphatic carbocycles. The maximum absolute atomic E-state index is 10.5. The maximum Gasteiger partial charge on any atom is 0.512 e. The van der Waals surface area contributed by atoms with E-state index in [9.17, 15) is 4.79 Å². The quantitative estimate of drug-likeness (QED) is 0.428. The largest absolute Gasteiger partial charge is 0.512 e. The molecule has 1 aliphatic heterocycles. The Labute approximate surface area is 68.2 Å². The molecule has 0 unspecified atom stereocenters. The first-order valence-electron chi connectivity index (χ1n) is 2.65. The molecule has 1 saturated heterocycles. The molecule has 0 spiro atoms. The molecule has 0 aromatic carbocycles. The van der Waals surface area contributed by atoms with Crippen LogP contribution in [0.3, 0.4) is 0 Å². The zero-order chi connectivity index (χ0) is 7.99. The van der Waals surface area contributed by atoms with Crippen molar-refractivity contribution < 1.29 is 14.3 Å². The second-order valence-corrected chi connectivity index (χ2v) is 3.73. The molecule has 5 heteroatoms. The van der Waals surface area contributed by atoms with Crippen LogP contribution in [0.4, 0.5) is 4.79 Å². The van der Waals surface area contributed by atoms with Crippen molar-refractivity contribution in [2.45, 2.75) is 24.0 Å². The van der Waals surface area contributed by atoms with Gasteiger partial charge in [-0.25, -0.2) is 4.79 Å². The summed E-state index contributed by atoms with van der Waals surface area (Å²) in [5.74, 6) is 0. The smallest absolute Gasteiger partial charge is 0.406 e. The molecule has 0 radical (unpaired) electrons. The fourth-order valence-electron chi connectivity index (χ4n) is 0.516. The van der Waals surface area contributed by atoms with E-state index in [1.165, 1.54) is 13.8 Å². The molecule has 1 aliphatic rings. The van der Waals surface area contributed by atoms with E-state index < -0.39 is 16.3 Å². The van der Waals surface area contributed by atoms with Crippen molar-refractivity contribution in [1.82, 2.24) is 0 Å². The van der Waals surface area contributed by atoms with E-state index in [0.717, 1.165) is 0 Å². The summed E-state index contributed by atoms with van der Waals surface area (Å²) in [6.07, 6.45) is -0.838. The Balaban J connectivity index is 2.88. The van der Waals surface area contributed by atoms with Crippen LogP contribution in [0.25, 0.3) is 0 Å². The SMILES string of the molecule is C[C@]1(Cl)OC(=O)O[C@]1(C)Cl. The van der Waals surface area contributed by atoms with E-state index in [-0.39, 0.29) is 0 Å². The fraction of sp³-hybridized carbons (Fsp3) is 0.800. The molecule has 0 amide bonds. The van der Waals surface area contributed by atoms with Crippen LogP contribution in [-0.4, -0.2) is 16.3 Å². The van der Waals surface area contributed by atoms with Crippen molar-refractivity contribution in [2.75, 3.05) is 0 Å². The summed E-state index contributed by atoms with van der Waals surface area (Å²) in [7, 11) is 0. The van der Waals surface area contributed by atoms with Crippen LogP contribution < -0.4 is 0 Å². The zero-order valence-electron chi connectivity index (χ0n) is 5.48. The number of hydrogen-bond acceptors (Lipinski definition) is 3. The molecule has 0 aromatic rings. The summed E-state index contributed by atoms with van der Waals surface area (Å²) in [6, 6.07) is 0. The first-order valence-corrected chi connectivity index (χ1v) is 3.40. The minimum absolute atomic E-state index is 0.838. The third-order valence-corrected chi connectivity index (χ3v) is 2.32. The molecule has 1 rings (SSSR count). The Morgan fingerprint density at radius 1 is 1.20 bits per heavy atom. The molecule has 58 valence electrons. The van der Waals surface area contributed by atoms with Crippen LogP contribution in [0.5, 0.6) is 0 Å². The fourth-order valence-corrected chi connectivity index (χ4v) is 0.719. The van der Waals surface area contributed by atoms with Crippen molar-refractivity contribution in [1.29, 1.82) is 0 Å². The van der Waals surface area contributed by atoms with Gasteiger partial charge in [0.05, 0.1) is 0 Å². The average Bonchev–Trinajstić information content (AvgIpc) is 1.73. The van der Waals surface area contributed by atoms with Gasteiger partial charge in [-0.3, -0.25) is 0 Å². The Morgan fingerprint density at radius 3 is 1.60 bits per heavy atom. The van der Waals surface area contributed by atoms with Gasteiger partial charge in [0.2, 0.25) is 10.1 Å². The number of hydrogen-bond donors (Lipinski definition) is 0. The Morgan fingerprint density at radius 2 is 1.50 bits per heavy atom. The lowest BCUT2D eigenvalue weighted by Gasteiger charge is -2.22. The van der Waals surface area contributed by atoms with Gasteiger partial charge in [0.25, 0.3) is 0 Å². The minimum atomic E-state index is -1.27. The van der Waals surface area contributed by atoms with Crippen LogP contribution in [0.15, 0.2) is 0 Å². The number of cyclic esters (lactones) is 2. The highest BCUT2D eigenvalue weighted by Crippen LogP contribution is 2.42. The molecule has 2 atom stereocenters. The van der Waals surface area contributed by atoms with E-state index in [1.54, 1.807) is 0 Å². The number of alkyl halides is 2. The van der Waals surface area contributed by atoms with Gasteiger partial charge >= 0.3 is 6.16 Å². The van der Waals surface area contributed by atoms with Gasteiger partial charge in [0, 0.05) is 0 Å². The normalized spacial score (nSPS) is 46.6. The molecule has 3 nitrogen and oxygen atoms in total. The molecular weight excluding hydrogens is 179 g/mol. The summed E-state index contributed by atoms with van der Waals surface area (Å²) in [5.41, 5.74) is 0. The molecule has 0 bridgehead atoms. The van der Waals surface area contributed by atoms with E-state index >= 15 is 0 Å². The number of carbonyl (C=O) groups excluding carboxylic acids is 1. The van der Waals surface area contributed by atoms with Gasteiger partial charge in [-0.05, 0) is 13.8 Å². The van der Waals surface area contributed by atoms with Crippen LogP contribution in [-0.2, 0) is 9.47 Å². The van der Waals surface area contributed by atoms with Gasteiger partial charge < -0.3 is 9.47 Å². The minimum Gasteiger partial charge on any atom is -0.406 e. The topological polar surface area (TPSA) is 35.5 Å². The molecule has 1 heterocycles. The number of ether oxygens (including phenoxy) is 2. The lowest BCUT2D eigenvalue weighted by molar-refractivity contribution is 0.112. The molecular formula is C5H6Cl2O3. The van der Waals surface area contributed by atoms with Crippen molar-refractivity contribution >= 4 is 29.4 Å². The van der Waals surface area contributed by atoms with Gasteiger partial charge in [-0.1, -0.05) is 23.2 Å². The lowest BCUT2D eigenvalue weighted by atomic mass is 10.2. The van der Waals surface area contributed by atoms with Crippen LogP contribution in [0, 0.1) is 0 Å². The predicted octanol–water partition coefficient (Wildman–Crippen LogP) is 2.06. The second-order valence-electron chi connectivity index (χ2n) is 2.29. The Hall–Kier alpha value is -0.150. The first kappa shape index (κ1) is 7.95. The summed E-state index contributed by atoms with van der Waals surface area (Å²) >= 11 is 11.3. The lowest BCUT2D eigenvalue weighted by Crippen LogP contribution is -2.36. The molecule has 10 heavy (non-hydrogen) atoms. The van der Waals surface area contributed by atoms with Crippen molar-refractivity contribution in [2.24, 2.45) is 0 Å². The predicted molar refractivity (Wildman–Crippen MR) is 36.1 cm³/mol. The standard InChI is InChI=1S/C5H6Cl2O3/c1-4(6)5(2,7)10-3(8)9-4/h1-2H3/t4-,5-/m0/s1.